The zero-order chi connectivity index (χ0) is 14.8. The second-order valence-corrected chi connectivity index (χ2v) is 5.02. The second-order valence-electron chi connectivity index (χ2n) is 5.02. The van der Waals surface area contributed by atoms with Crippen molar-refractivity contribution in [2.24, 2.45) is 0 Å². The van der Waals surface area contributed by atoms with Crippen LogP contribution >= 0.6 is 0 Å². The molecule has 0 radical (unpaired) electrons. The van der Waals surface area contributed by atoms with Gasteiger partial charge in [0.2, 0.25) is 0 Å². The number of imidazole rings is 1. The summed E-state index contributed by atoms with van der Waals surface area (Å²) in [6.45, 7) is 0.995. The van der Waals surface area contributed by atoms with Crippen LogP contribution in [0.15, 0.2) is 24.3 Å². The number of benzene rings is 1. The van der Waals surface area contributed by atoms with Crippen LogP contribution in [0.25, 0.3) is 0 Å². The lowest BCUT2D eigenvalue weighted by Crippen LogP contribution is -2.15. The molecular formula is C15H16N2O4. The fourth-order valence-electron chi connectivity index (χ4n) is 2.59. The van der Waals surface area contributed by atoms with Gasteiger partial charge in [0.25, 0.3) is 0 Å². The Labute approximate surface area is 121 Å². The van der Waals surface area contributed by atoms with Crippen molar-refractivity contribution in [3.63, 3.8) is 0 Å². The summed E-state index contributed by atoms with van der Waals surface area (Å²) in [5.74, 6) is 0.429. The number of aromatic nitrogens is 2. The van der Waals surface area contributed by atoms with Crippen molar-refractivity contribution in [1.82, 2.24) is 9.55 Å². The lowest BCUT2D eigenvalue weighted by atomic mass is 10.1. The van der Waals surface area contributed by atoms with Gasteiger partial charge in [-0.1, -0.05) is 0 Å². The van der Waals surface area contributed by atoms with E-state index in [0.717, 1.165) is 31.5 Å². The van der Waals surface area contributed by atoms with Crippen LogP contribution in [0.3, 0.4) is 0 Å². The van der Waals surface area contributed by atoms with E-state index in [-0.39, 0.29) is 18.1 Å². The predicted molar refractivity (Wildman–Crippen MR) is 74.6 cm³/mol. The average Bonchev–Trinajstić information content (AvgIpc) is 2.86. The molecule has 1 aromatic carbocycles. The first-order valence-electron chi connectivity index (χ1n) is 6.88. The summed E-state index contributed by atoms with van der Waals surface area (Å²) in [5, 5.41) is 18.5. The van der Waals surface area contributed by atoms with E-state index < -0.39 is 5.97 Å². The van der Waals surface area contributed by atoms with E-state index in [9.17, 15) is 15.0 Å². The monoisotopic (exact) mass is 288 g/mol. The fraction of sp³-hybridized carbons (Fsp3) is 0.333. The van der Waals surface area contributed by atoms with Crippen molar-refractivity contribution in [3.05, 3.63) is 41.5 Å². The Morgan fingerprint density at radius 3 is 2.76 bits per heavy atom. The summed E-state index contributed by atoms with van der Waals surface area (Å²) in [6, 6.07) is 6.40. The van der Waals surface area contributed by atoms with Gasteiger partial charge in [-0.3, -0.25) is 0 Å². The number of nitrogens with zero attached hydrogens (tertiary/aromatic N) is 2. The lowest BCUT2D eigenvalue weighted by molar-refractivity contribution is 0.0689. The van der Waals surface area contributed by atoms with Gasteiger partial charge in [0.15, 0.2) is 5.69 Å². The smallest absolute Gasteiger partial charge is 0.356 e. The van der Waals surface area contributed by atoms with Gasteiger partial charge < -0.3 is 19.5 Å². The lowest BCUT2D eigenvalue weighted by Gasteiger charge is -2.17. The third kappa shape index (κ3) is 2.69. The summed E-state index contributed by atoms with van der Waals surface area (Å²) >= 11 is 0. The fourth-order valence-corrected chi connectivity index (χ4v) is 2.59. The molecule has 1 aliphatic rings. The van der Waals surface area contributed by atoms with Crippen LogP contribution in [0.1, 0.15) is 34.8 Å². The number of aromatic carboxylic acids is 1. The number of rotatable bonds is 4. The summed E-state index contributed by atoms with van der Waals surface area (Å²) in [4.78, 5) is 15.5. The Kier molecular flexibility index (Phi) is 3.51. The van der Waals surface area contributed by atoms with E-state index in [1.807, 2.05) is 4.57 Å². The maximum Gasteiger partial charge on any atom is 0.356 e. The van der Waals surface area contributed by atoms with E-state index in [1.54, 1.807) is 24.3 Å². The highest BCUT2D eigenvalue weighted by Gasteiger charge is 2.23. The van der Waals surface area contributed by atoms with E-state index in [4.69, 9.17) is 4.74 Å². The van der Waals surface area contributed by atoms with Crippen LogP contribution in [-0.2, 0) is 19.6 Å². The van der Waals surface area contributed by atoms with Crippen molar-refractivity contribution < 1.29 is 19.7 Å². The molecule has 2 heterocycles. The summed E-state index contributed by atoms with van der Waals surface area (Å²) < 4.78 is 7.57. The molecule has 0 atom stereocenters. The Morgan fingerprint density at radius 1 is 1.29 bits per heavy atom. The first-order chi connectivity index (χ1) is 10.1. The van der Waals surface area contributed by atoms with Crippen molar-refractivity contribution in [1.29, 1.82) is 0 Å². The zero-order valence-corrected chi connectivity index (χ0v) is 11.5. The second kappa shape index (κ2) is 5.47. The first-order valence-corrected chi connectivity index (χ1v) is 6.88. The van der Waals surface area contributed by atoms with Crippen LogP contribution in [0.5, 0.6) is 11.5 Å². The maximum absolute atomic E-state index is 11.3. The molecule has 1 aromatic heterocycles. The Morgan fingerprint density at radius 2 is 2.05 bits per heavy atom. The number of ether oxygens (including phenoxy) is 1. The minimum Gasteiger partial charge on any atom is -0.508 e. The van der Waals surface area contributed by atoms with Gasteiger partial charge in [0, 0.05) is 6.54 Å². The van der Waals surface area contributed by atoms with Crippen molar-refractivity contribution >= 4 is 5.97 Å². The number of phenols is 1. The van der Waals surface area contributed by atoms with Crippen molar-refractivity contribution in [3.8, 4) is 11.5 Å². The van der Waals surface area contributed by atoms with Gasteiger partial charge >= 0.3 is 5.97 Å². The molecule has 21 heavy (non-hydrogen) atoms. The number of aromatic hydroxyl groups is 1. The zero-order valence-electron chi connectivity index (χ0n) is 11.5. The predicted octanol–water partition coefficient (Wildman–Crippen LogP) is 2.20. The number of fused-ring (bicyclic) bond motifs is 1. The molecule has 0 spiro atoms. The standard InChI is InChI=1S/C15H16N2O4/c18-10-4-6-11(7-5-10)21-9-13-16-14(15(19)20)12-3-1-2-8-17(12)13/h4-7,18H,1-3,8-9H2,(H,19,20). The highest BCUT2D eigenvalue weighted by Crippen LogP contribution is 2.23. The number of carbonyl (C=O) groups is 1. The van der Waals surface area contributed by atoms with Crippen LogP contribution in [-0.4, -0.2) is 25.7 Å². The molecule has 0 saturated carbocycles. The van der Waals surface area contributed by atoms with Gasteiger partial charge in [-0.2, -0.15) is 0 Å². The molecule has 0 unspecified atom stereocenters. The largest absolute Gasteiger partial charge is 0.508 e. The quantitative estimate of drug-likeness (QED) is 0.901. The van der Waals surface area contributed by atoms with Gasteiger partial charge in [-0.25, -0.2) is 9.78 Å². The van der Waals surface area contributed by atoms with Crippen LogP contribution in [0, 0.1) is 0 Å². The minimum atomic E-state index is -0.989. The van der Waals surface area contributed by atoms with E-state index in [1.165, 1.54) is 0 Å². The summed E-state index contributed by atoms with van der Waals surface area (Å²) in [6.07, 6.45) is 2.76. The molecule has 2 N–H and O–H groups in total. The van der Waals surface area contributed by atoms with E-state index in [0.29, 0.717) is 11.6 Å². The molecule has 110 valence electrons. The Bertz CT molecular complexity index is 661. The van der Waals surface area contributed by atoms with E-state index >= 15 is 0 Å². The number of phenolic OH excluding ortho intramolecular Hbond substituents is 1. The maximum atomic E-state index is 11.3. The number of carboxylic acid groups (broad SMARTS) is 1. The first kappa shape index (κ1) is 13.5. The molecule has 0 saturated heterocycles. The molecular weight excluding hydrogens is 272 g/mol. The number of hydrogen-bond donors (Lipinski definition) is 2. The molecule has 0 aliphatic carbocycles. The van der Waals surface area contributed by atoms with Crippen LogP contribution < -0.4 is 4.74 Å². The number of carboxylic acids is 1. The van der Waals surface area contributed by atoms with Crippen LogP contribution in [0.2, 0.25) is 0 Å². The van der Waals surface area contributed by atoms with Gasteiger partial charge in [0.05, 0.1) is 5.69 Å². The van der Waals surface area contributed by atoms with Crippen molar-refractivity contribution in [2.45, 2.75) is 32.4 Å². The molecule has 2 aromatic rings. The summed E-state index contributed by atoms with van der Waals surface area (Å²) in [5.41, 5.74) is 0.928. The topological polar surface area (TPSA) is 84.6 Å². The minimum absolute atomic E-state index is 0.138. The van der Waals surface area contributed by atoms with Gasteiger partial charge in [0.1, 0.15) is 23.9 Å². The van der Waals surface area contributed by atoms with Gasteiger partial charge in [-0.05, 0) is 43.5 Å². The summed E-state index contributed by atoms with van der Waals surface area (Å²) in [7, 11) is 0. The third-order valence-corrected chi connectivity index (χ3v) is 3.60. The molecule has 6 heteroatoms. The normalized spacial score (nSPS) is 13.7. The molecule has 3 rings (SSSR count). The van der Waals surface area contributed by atoms with Crippen molar-refractivity contribution in [2.75, 3.05) is 0 Å². The molecule has 6 nitrogen and oxygen atoms in total. The third-order valence-electron chi connectivity index (χ3n) is 3.60. The highest BCUT2D eigenvalue weighted by molar-refractivity contribution is 5.86. The average molecular weight is 288 g/mol. The molecule has 0 bridgehead atoms. The Balaban J connectivity index is 1.82. The molecule has 0 amide bonds. The highest BCUT2D eigenvalue weighted by atomic mass is 16.5. The van der Waals surface area contributed by atoms with Gasteiger partial charge in [-0.15, -0.1) is 0 Å². The Hall–Kier alpha value is -2.50. The number of hydrogen-bond acceptors (Lipinski definition) is 4. The molecule has 0 fully saturated rings. The van der Waals surface area contributed by atoms with Crippen LogP contribution in [0.4, 0.5) is 0 Å². The molecule has 1 aliphatic heterocycles. The van der Waals surface area contributed by atoms with E-state index in [2.05, 4.69) is 4.98 Å². The SMILES string of the molecule is O=C(O)c1nc(COc2ccc(O)cc2)n2c1CCCC2.